The summed E-state index contributed by atoms with van der Waals surface area (Å²) in [4.78, 5) is 15.4. The van der Waals surface area contributed by atoms with Gasteiger partial charge in [0.2, 0.25) is 0 Å². The van der Waals surface area contributed by atoms with Gasteiger partial charge in [-0.05, 0) is 25.2 Å². The summed E-state index contributed by atoms with van der Waals surface area (Å²) in [5.41, 5.74) is 1.01. The molecule has 0 saturated carbocycles. The molecule has 12 heteroatoms. The lowest BCUT2D eigenvalue weighted by Crippen LogP contribution is -2.45. The molecule has 0 aliphatic carbocycles. The van der Waals surface area contributed by atoms with Crippen molar-refractivity contribution in [2.45, 2.75) is 4.90 Å². The summed E-state index contributed by atoms with van der Waals surface area (Å²) in [5, 5.41) is 9.42. The molecule has 178 valence electrons. The van der Waals surface area contributed by atoms with Crippen molar-refractivity contribution in [3.63, 3.8) is 0 Å². The fourth-order valence-electron chi connectivity index (χ4n) is 4.11. The summed E-state index contributed by atoms with van der Waals surface area (Å²) in [6, 6.07) is 5.13. The van der Waals surface area contributed by atoms with Crippen LogP contribution < -0.4 is 4.90 Å². The van der Waals surface area contributed by atoms with Crippen LogP contribution in [0.15, 0.2) is 54.1 Å². The second kappa shape index (κ2) is 8.68. The Hall–Kier alpha value is -3.95. The van der Waals surface area contributed by atoms with E-state index in [1.165, 1.54) is 31.0 Å². The number of nitriles is 1. The van der Waals surface area contributed by atoms with Gasteiger partial charge in [0.1, 0.15) is 11.8 Å². The summed E-state index contributed by atoms with van der Waals surface area (Å²) >= 11 is 0. The van der Waals surface area contributed by atoms with Crippen LogP contribution in [-0.2, 0) is 10.0 Å². The van der Waals surface area contributed by atoms with Gasteiger partial charge < -0.3 is 9.80 Å². The van der Waals surface area contributed by atoms with E-state index in [4.69, 9.17) is 5.26 Å². The number of benzene rings is 1. The van der Waals surface area contributed by atoms with Crippen LogP contribution in [0.3, 0.4) is 0 Å². The highest BCUT2D eigenvalue weighted by Crippen LogP contribution is 2.32. The van der Waals surface area contributed by atoms with Crippen LogP contribution in [-0.4, -0.2) is 65.5 Å². The molecule has 5 rings (SSSR count). The van der Waals surface area contributed by atoms with Crippen molar-refractivity contribution in [2.24, 2.45) is 0 Å². The van der Waals surface area contributed by atoms with E-state index in [1.54, 1.807) is 11.0 Å². The fraction of sp³-hybridized carbons (Fsp3) is 0.217. The Morgan fingerprint density at radius 1 is 1.00 bits per heavy atom. The Kier molecular flexibility index (Phi) is 5.66. The van der Waals surface area contributed by atoms with Gasteiger partial charge >= 0.3 is 0 Å². The van der Waals surface area contributed by atoms with Gasteiger partial charge in [-0.25, -0.2) is 26.2 Å². The molecule has 1 saturated heterocycles. The smallest absolute Gasteiger partial charge is 0.268 e. The zero-order valence-corrected chi connectivity index (χ0v) is 19.4. The molecule has 1 aliphatic heterocycles. The van der Waals surface area contributed by atoms with Gasteiger partial charge in [0.25, 0.3) is 10.0 Å². The largest absolute Gasteiger partial charge is 0.364 e. The Balaban J connectivity index is 1.55. The number of halogens is 2. The Bertz CT molecular complexity index is 1550. The van der Waals surface area contributed by atoms with Gasteiger partial charge in [0.15, 0.2) is 17.3 Å². The van der Waals surface area contributed by atoms with Gasteiger partial charge in [-0.3, -0.25) is 9.97 Å². The van der Waals surface area contributed by atoms with E-state index in [-0.39, 0.29) is 16.9 Å². The van der Waals surface area contributed by atoms with Crippen molar-refractivity contribution in [1.29, 1.82) is 5.26 Å². The highest BCUT2D eigenvalue weighted by Gasteiger charge is 2.27. The molecule has 35 heavy (non-hydrogen) atoms. The highest BCUT2D eigenvalue weighted by molar-refractivity contribution is 7.90. The maximum Gasteiger partial charge on any atom is 0.268 e. The number of likely N-dealkylation sites (N-methyl/N-ethyl adjacent to an activating group) is 1. The predicted molar refractivity (Wildman–Crippen MR) is 124 cm³/mol. The fourth-order valence-corrected chi connectivity index (χ4v) is 5.47. The summed E-state index contributed by atoms with van der Waals surface area (Å²) in [5.74, 6) is -1.87. The first-order valence-electron chi connectivity index (χ1n) is 10.7. The van der Waals surface area contributed by atoms with Crippen LogP contribution >= 0.6 is 0 Å². The molecule has 0 amide bonds. The second-order valence-corrected chi connectivity index (χ2v) is 9.98. The second-order valence-electron chi connectivity index (χ2n) is 8.16. The van der Waals surface area contributed by atoms with E-state index in [0.717, 1.165) is 16.1 Å². The van der Waals surface area contributed by atoms with Gasteiger partial charge in [-0.15, -0.1) is 0 Å². The first-order valence-corrected chi connectivity index (χ1v) is 12.1. The molecule has 4 heterocycles. The minimum atomic E-state index is -4.34. The predicted octanol–water partition coefficient (Wildman–Crippen LogP) is 2.63. The van der Waals surface area contributed by atoms with Crippen LogP contribution in [0.4, 0.5) is 14.5 Å². The number of fused-ring (bicyclic) bond motifs is 1. The summed E-state index contributed by atoms with van der Waals surface area (Å²) in [6.07, 6.45) is 6.84. The maximum atomic E-state index is 15.0. The molecule has 4 aromatic rings. The number of piperazine rings is 1. The molecule has 0 atom stereocenters. The number of anilines is 1. The highest BCUT2D eigenvalue weighted by atomic mass is 32.2. The number of nitrogens with zero attached hydrogens (tertiary/aromatic N) is 7. The van der Waals surface area contributed by atoms with Gasteiger partial charge in [-0.2, -0.15) is 5.26 Å². The van der Waals surface area contributed by atoms with Crippen molar-refractivity contribution < 1.29 is 17.2 Å². The lowest BCUT2D eigenvalue weighted by molar-refractivity contribution is 0.310. The minimum Gasteiger partial charge on any atom is -0.364 e. The Morgan fingerprint density at radius 3 is 2.34 bits per heavy atom. The minimum absolute atomic E-state index is 0.137. The normalized spacial score (nSPS) is 14.9. The SMILES string of the molecule is CN1CCN(c2c(F)cc(S(=O)(=O)n3ccc4c(-c5cnc(C#N)cn5)cncc43)cc2F)CC1. The van der Waals surface area contributed by atoms with Crippen molar-refractivity contribution in [3.05, 3.63) is 66.5 Å². The van der Waals surface area contributed by atoms with E-state index in [2.05, 4.69) is 15.0 Å². The third-order valence-electron chi connectivity index (χ3n) is 5.99. The number of pyridine rings is 1. The molecular weight excluding hydrogens is 476 g/mol. The number of hydrogen-bond acceptors (Lipinski definition) is 8. The molecule has 0 bridgehead atoms. The third kappa shape index (κ3) is 3.98. The number of aromatic nitrogens is 4. The molecular formula is C23H19F2N7O2S. The third-order valence-corrected chi connectivity index (χ3v) is 7.66. The van der Waals surface area contributed by atoms with Crippen LogP contribution in [0.5, 0.6) is 0 Å². The topological polar surface area (TPSA) is 108 Å². The van der Waals surface area contributed by atoms with Crippen LogP contribution in [0, 0.1) is 23.0 Å². The van der Waals surface area contributed by atoms with E-state index in [1.807, 2.05) is 18.0 Å². The lowest BCUT2D eigenvalue weighted by Gasteiger charge is -2.34. The molecule has 1 aliphatic rings. The molecule has 0 unspecified atom stereocenters. The van der Waals surface area contributed by atoms with Crippen molar-refractivity contribution >= 4 is 26.6 Å². The summed E-state index contributed by atoms with van der Waals surface area (Å²) in [6.45, 7) is 2.16. The van der Waals surface area contributed by atoms with Crippen LogP contribution in [0.25, 0.3) is 22.2 Å². The van der Waals surface area contributed by atoms with E-state index >= 15 is 8.78 Å². The molecule has 0 spiro atoms. The molecule has 0 radical (unpaired) electrons. The Labute approximate surface area is 199 Å². The molecule has 9 nitrogen and oxygen atoms in total. The van der Waals surface area contributed by atoms with E-state index in [0.29, 0.717) is 42.8 Å². The molecule has 1 aromatic carbocycles. The number of hydrogen-bond donors (Lipinski definition) is 0. The molecule has 3 aromatic heterocycles. The summed E-state index contributed by atoms with van der Waals surface area (Å²) in [7, 11) is -2.42. The zero-order chi connectivity index (χ0) is 24.7. The monoisotopic (exact) mass is 495 g/mol. The van der Waals surface area contributed by atoms with Crippen molar-refractivity contribution in [3.8, 4) is 17.3 Å². The average Bonchev–Trinajstić information content (AvgIpc) is 3.30. The molecule has 0 N–H and O–H groups in total. The van der Waals surface area contributed by atoms with Gasteiger partial charge in [0.05, 0.1) is 34.7 Å². The van der Waals surface area contributed by atoms with Crippen molar-refractivity contribution in [2.75, 3.05) is 38.1 Å². The van der Waals surface area contributed by atoms with Gasteiger partial charge in [-0.1, -0.05) is 0 Å². The standard InChI is InChI=1S/C23H19F2N7O2S/c1-30-4-6-31(7-5-30)23-19(24)8-16(9-20(23)25)35(33,34)32-3-2-17-18(12-27-14-22(17)32)21-13-28-15(10-26)11-29-21/h2-3,8-9,11-14H,4-7H2,1H3. The first kappa shape index (κ1) is 22.8. The quantitative estimate of drug-likeness (QED) is 0.425. The first-order chi connectivity index (χ1) is 16.8. The van der Waals surface area contributed by atoms with E-state index in [9.17, 15) is 8.42 Å². The maximum absolute atomic E-state index is 15.0. The summed E-state index contributed by atoms with van der Waals surface area (Å²) < 4.78 is 57.7. The average molecular weight is 496 g/mol. The molecule has 1 fully saturated rings. The zero-order valence-electron chi connectivity index (χ0n) is 18.6. The van der Waals surface area contributed by atoms with Crippen molar-refractivity contribution in [1.82, 2.24) is 23.8 Å². The number of rotatable bonds is 4. The lowest BCUT2D eigenvalue weighted by atomic mass is 10.1. The van der Waals surface area contributed by atoms with Crippen LogP contribution in [0.1, 0.15) is 5.69 Å². The van der Waals surface area contributed by atoms with E-state index < -0.39 is 26.6 Å². The Morgan fingerprint density at radius 2 is 1.71 bits per heavy atom. The van der Waals surface area contributed by atoms with Gasteiger partial charge in [0, 0.05) is 49.5 Å². The van der Waals surface area contributed by atoms with Crippen LogP contribution in [0.2, 0.25) is 0 Å².